The Kier molecular flexibility index (Phi) is 4.62. The van der Waals surface area contributed by atoms with Gasteiger partial charge >= 0.3 is 0 Å². The van der Waals surface area contributed by atoms with Crippen molar-refractivity contribution in [3.8, 4) is 0 Å². The summed E-state index contributed by atoms with van der Waals surface area (Å²) in [5.41, 5.74) is 5.89. The Balaban J connectivity index is 1.84. The van der Waals surface area contributed by atoms with E-state index < -0.39 is 0 Å². The Morgan fingerprint density at radius 1 is 1.33 bits per heavy atom. The molecule has 0 bridgehead atoms. The second kappa shape index (κ2) is 6.02. The molecule has 4 heteroatoms. The van der Waals surface area contributed by atoms with Crippen LogP contribution in [0.3, 0.4) is 0 Å². The predicted molar refractivity (Wildman–Crippen MR) is 73.2 cm³/mol. The summed E-state index contributed by atoms with van der Waals surface area (Å²) in [5, 5.41) is 3.07. The average molecular weight is 253 g/mol. The minimum Gasteiger partial charge on any atom is -0.353 e. The van der Waals surface area contributed by atoms with E-state index in [-0.39, 0.29) is 11.9 Å². The fourth-order valence-corrected chi connectivity index (χ4v) is 2.49. The van der Waals surface area contributed by atoms with Crippen molar-refractivity contribution in [2.45, 2.75) is 64.1 Å². The molecular formula is C14H27N3O. The zero-order valence-electron chi connectivity index (χ0n) is 11.7. The third-order valence-corrected chi connectivity index (χ3v) is 3.70. The fraction of sp³-hybridized carbons (Fsp3) is 0.929. The summed E-state index contributed by atoms with van der Waals surface area (Å²) in [5.74, 6) is 0.813. The summed E-state index contributed by atoms with van der Waals surface area (Å²) in [6, 6.07) is 1.35. The van der Waals surface area contributed by atoms with Crippen LogP contribution in [0.25, 0.3) is 0 Å². The highest BCUT2D eigenvalue weighted by Gasteiger charge is 2.35. The highest BCUT2D eigenvalue weighted by atomic mass is 16.1. The molecule has 1 amide bonds. The van der Waals surface area contributed by atoms with E-state index in [2.05, 4.69) is 24.1 Å². The summed E-state index contributed by atoms with van der Waals surface area (Å²) < 4.78 is 0. The summed E-state index contributed by atoms with van der Waals surface area (Å²) in [6.45, 7) is 6.10. The van der Waals surface area contributed by atoms with Crippen molar-refractivity contribution in [3.05, 3.63) is 0 Å². The van der Waals surface area contributed by atoms with Crippen LogP contribution < -0.4 is 11.1 Å². The molecule has 0 aromatic carbocycles. The van der Waals surface area contributed by atoms with E-state index in [1.54, 1.807) is 0 Å². The van der Waals surface area contributed by atoms with Crippen LogP contribution in [-0.4, -0.2) is 42.0 Å². The molecule has 2 saturated carbocycles. The Morgan fingerprint density at radius 3 is 2.44 bits per heavy atom. The molecule has 0 heterocycles. The van der Waals surface area contributed by atoms with Crippen LogP contribution in [0.4, 0.5) is 0 Å². The lowest BCUT2D eigenvalue weighted by Gasteiger charge is -2.32. The number of amides is 1. The highest BCUT2D eigenvalue weighted by Crippen LogP contribution is 2.30. The van der Waals surface area contributed by atoms with E-state index in [9.17, 15) is 4.79 Å². The average Bonchev–Trinajstić information content (AvgIpc) is 3.14. The Labute approximate surface area is 110 Å². The Morgan fingerprint density at radius 2 is 2.00 bits per heavy atom. The van der Waals surface area contributed by atoms with Gasteiger partial charge in [-0.1, -0.05) is 13.8 Å². The molecule has 2 aliphatic rings. The van der Waals surface area contributed by atoms with E-state index in [4.69, 9.17) is 5.73 Å². The second-order valence-corrected chi connectivity index (χ2v) is 6.26. The molecule has 104 valence electrons. The molecule has 18 heavy (non-hydrogen) atoms. The van der Waals surface area contributed by atoms with Crippen LogP contribution in [0.15, 0.2) is 0 Å². The lowest BCUT2D eigenvalue weighted by Crippen LogP contribution is -2.46. The molecule has 0 aliphatic heterocycles. The van der Waals surface area contributed by atoms with Crippen LogP contribution in [0.5, 0.6) is 0 Å². The zero-order valence-corrected chi connectivity index (χ0v) is 11.7. The van der Waals surface area contributed by atoms with E-state index >= 15 is 0 Å². The van der Waals surface area contributed by atoms with Crippen molar-refractivity contribution < 1.29 is 4.79 Å². The fourth-order valence-electron chi connectivity index (χ4n) is 2.49. The van der Waals surface area contributed by atoms with Gasteiger partial charge in [-0.25, -0.2) is 0 Å². The summed E-state index contributed by atoms with van der Waals surface area (Å²) in [4.78, 5) is 14.4. The van der Waals surface area contributed by atoms with Gasteiger partial charge in [0.2, 0.25) is 5.91 Å². The first-order valence-corrected chi connectivity index (χ1v) is 7.35. The number of hydrogen-bond acceptors (Lipinski definition) is 3. The largest absolute Gasteiger partial charge is 0.353 e. The first kappa shape index (κ1) is 13.8. The van der Waals surface area contributed by atoms with Gasteiger partial charge < -0.3 is 11.1 Å². The lowest BCUT2D eigenvalue weighted by molar-refractivity contribution is -0.122. The van der Waals surface area contributed by atoms with Crippen molar-refractivity contribution in [2.24, 2.45) is 11.7 Å². The number of nitrogens with zero attached hydrogens (tertiary/aromatic N) is 1. The van der Waals surface area contributed by atoms with Crippen LogP contribution in [0, 0.1) is 5.92 Å². The van der Waals surface area contributed by atoms with Gasteiger partial charge in [-0.3, -0.25) is 9.69 Å². The minimum atomic E-state index is 0.183. The summed E-state index contributed by atoms with van der Waals surface area (Å²) in [7, 11) is 0. The lowest BCUT2D eigenvalue weighted by atomic mass is 10.1. The van der Waals surface area contributed by atoms with Crippen LogP contribution >= 0.6 is 0 Å². The molecule has 0 spiro atoms. The predicted octanol–water partition coefficient (Wildman–Crippen LogP) is 1.10. The first-order chi connectivity index (χ1) is 8.60. The Bertz CT molecular complexity index is 285. The van der Waals surface area contributed by atoms with Crippen molar-refractivity contribution in [1.82, 2.24) is 10.2 Å². The van der Waals surface area contributed by atoms with Crippen LogP contribution in [0.1, 0.15) is 46.0 Å². The molecule has 0 radical (unpaired) electrons. The molecule has 0 aromatic rings. The molecule has 2 fully saturated rings. The molecule has 4 nitrogen and oxygen atoms in total. The van der Waals surface area contributed by atoms with Crippen molar-refractivity contribution in [1.29, 1.82) is 0 Å². The number of nitrogens with one attached hydrogen (secondary N) is 1. The number of carbonyl (C=O) groups is 1. The maximum atomic E-state index is 11.9. The van der Waals surface area contributed by atoms with Crippen molar-refractivity contribution in [2.75, 3.05) is 13.1 Å². The van der Waals surface area contributed by atoms with E-state index in [0.717, 1.165) is 19.4 Å². The van der Waals surface area contributed by atoms with Gasteiger partial charge in [0.15, 0.2) is 0 Å². The third-order valence-electron chi connectivity index (χ3n) is 3.70. The normalized spacial score (nSPS) is 21.4. The number of nitrogens with two attached hydrogens (primary N) is 1. The van der Waals surface area contributed by atoms with E-state index in [1.807, 2.05) is 0 Å². The molecule has 1 atom stereocenters. The van der Waals surface area contributed by atoms with Gasteiger partial charge in [-0.05, 0) is 31.6 Å². The van der Waals surface area contributed by atoms with Crippen LogP contribution in [0.2, 0.25) is 0 Å². The molecule has 0 saturated heterocycles. The summed E-state index contributed by atoms with van der Waals surface area (Å²) >= 11 is 0. The molecule has 0 aromatic heterocycles. The van der Waals surface area contributed by atoms with Gasteiger partial charge in [0, 0.05) is 37.6 Å². The van der Waals surface area contributed by atoms with Gasteiger partial charge in [0.25, 0.3) is 0 Å². The second-order valence-electron chi connectivity index (χ2n) is 6.26. The quantitative estimate of drug-likeness (QED) is 0.681. The third kappa shape index (κ3) is 4.25. The molecular weight excluding hydrogens is 226 g/mol. The minimum absolute atomic E-state index is 0.183. The maximum Gasteiger partial charge on any atom is 0.221 e. The van der Waals surface area contributed by atoms with Gasteiger partial charge in [-0.15, -0.1) is 0 Å². The smallest absolute Gasteiger partial charge is 0.221 e. The van der Waals surface area contributed by atoms with Crippen molar-refractivity contribution >= 4 is 5.91 Å². The summed E-state index contributed by atoms with van der Waals surface area (Å²) in [6.07, 6.45) is 5.41. The standard InChI is InChI=1S/C14H27N3O/c1-10(2)9-17(12-5-6-12)13(8-15)7-14(18)16-11-3-4-11/h10-13H,3-9,15H2,1-2H3,(H,16,18). The van der Waals surface area contributed by atoms with Crippen LogP contribution in [-0.2, 0) is 4.79 Å². The van der Waals surface area contributed by atoms with Gasteiger partial charge in [0.1, 0.15) is 0 Å². The molecule has 1 unspecified atom stereocenters. The SMILES string of the molecule is CC(C)CN(C1CC1)C(CN)CC(=O)NC1CC1. The number of hydrogen-bond donors (Lipinski definition) is 2. The first-order valence-electron chi connectivity index (χ1n) is 7.35. The molecule has 3 N–H and O–H groups in total. The van der Waals surface area contributed by atoms with Crippen molar-refractivity contribution in [3.63, 3.8) is 0 Å². The van der Waals surface area contributed by atoms with Gasteiger partial charge in [-0.2, -0.15) is 0 Å². The Hall–Kier alpha value is -0.610. The zero-order chi connectivity index (χ0) is 13.1. The monoisotopic (exact) mass is 253 g/mol. The topological polar surface area (TPSA) is 58.4 Å². The number of carbonyl (C=O) groups excluding carboxylic acids is 1. The van der Waals surface area contributed by atoms with E-state index in [1.165, 1.54) is 12.8 Å². The number of rotatable bonds is 8. The molecule has 2 aliphatic carbocycles. The maximum absolute atomic E-state index is 11.9. The molecule has 2 rings (SSSR count). The van der Waals surface area contributed by atoms with E-state index in [0.29, 0.717) is 31.0 Å². The van der Waals surface area contributed by atoms with Gasteiger partial charge in [0.05, 0.1) is 0 Å². The highest BCUT2D eigenvalue weighted by molar-refractivity contribution is 5.77.